The lowest BCUT2D eigenvalue weighted by Gasteiger charge is -2.39. The van der Waals surface area contributed by atoms with Crippen LogP contribution in [-0.2, 0) is 4.74 Å². The van der Waals surface area contributed by atoms with Crippen molar-refractivity contribution in [1.29, 1.82) is 0 Å². The lowest BCUT2D eigenvalue weighted by molar-refractivity contribution is -0.0362. The fraction of sp³-hybridized carbons (Fsp3) is 0.667. The monoisotopic (exact) mass is 375 g/mol. The van der Waals surface area contributed by atoms with Crippen LogP contribution in [0.1, 0.15) is 50.1 Å². The molecule has 1 aromatic carbocycles. The van der Waals surface area contributed by atoms with E-state index < -0.39 is 0 Å². The van der Waals surface area contributed by atoms with Gasteiger partial charge in [0.25, 0.3) is 0 Å². The van der Waals surface area contributed by atoms with E-state index in [4.69, 9.17) is 4.74 Å². The summed E-state index contributed by atoms with van der Waals surface area (Å²) < 4.78 is 19.3. The lowest BCUT2D eigenvalue weighted by Crippen LogP contribution is -2.50. The Morgan fingerprint density at radius 2 is 1.78 bits per heavy atom. The number of hydrogen-bond donors (Lipinski definition) is 1. The predicted octanol–water partition coefficient (Wildman–Crippen LogP) is 3.32. The second kappa shape index (κ2) is 8.15. The summed E-state index contributed by atoms with van der Waals surface area (Å²) in [5.74, 6) is -0.223. The molecule has 0 bridgehead atoms. The molecule has 3 heterocycles. The molecule has 0 aliphatic carbocycles. The minimum absolute atomic E-state index is 0.00848. The fourth-order valence-electron chi connectivity index (χ4n) is 4.76. The Morgan fingerprint density at radius 3 is 2.41 bits per heavy atom. The van der Waals surface area contributed by atoms with Crippen molar-refractivity contribution < 1.29 is 13.9 Å². The standard InChI is InChI=1S/C21H30FN3O2/c22-18-6-4-17(5-7-18)19(24-11-1-2-12-24)16-23-20(26)25-13-9-21(10-14-25)8-3-15-27-21/h4-7,19H,1-3,8-16H2,(H,23,26)/t19-/m1/s1. The van der Waals surface area contributed by atoms with Crippen LogP contribution in [0.25, 0.3) is 0 Å². The molecule has 4 rings (SSSR count). The van der Waals surface area contributed by atoms with Crippen molar-refractivity contribution >= 4 is 6.03 Å². The van der Waals surface area contributed by atoms with Crippen LogP contribution in [0.5, 0.6) is 0 Å². The number of carbonyl (C=O) groups is 1. The number of piperidine rings is 1. The van der Waals surface area contributed by atoms with E-state index in [2.05, 4.69) is 10.2 Å². The summed E-state index contributed by atoms with van der Waals surface area (Å²) in [4.78, 5) is 17.0. The molecule has 0 unspecified atom stereocenters. The lowest BCUT2D eigenvalue weighted by atomic mass is 9.89. The van der Waals surface area contributed by atoms with Crippen LogP contribution in [0.2, 0.25) is 0 Å². The van der Waals surface area contributed by atoms with Crippen LogP contribution in [0, 0.1) is 5.82 Å². The number of benzene rings is 1. The Hall–Kier alpha value is -1.66. The number of rotatable bonds is 4. The summed E-state index contributed by atoms with van der Waals surface area (Å²) in [5.41, 5.74) is 1.10. The number of nitrogens with zero attached hydrogens (tertiary/aromatic N) is 2. The van der Waals surface area contributed by atoms with Crippen LogP contribution < -0.4 is 5.32 Å². The normalized spacial score (nSPS) is 23.7. The molecule has 3 aliphatic rings. The van der Waals surface area contributed by atoms with Gasteiger partial charge in [-0.2, -0.15) is 0 Å². The molecule has 1 N–H and O–H groups in total. The zero-order valence-corrected chi connectivity index (χ0v) is 16.0. The van der Waals surface area contributed by atoms with E-state index >= 15 is 0 Å². The molecule has 0 aromatic heterocycles. The molecule has 3 fully saturated rings. The number of hydrogen-bond acceptors (Lipinski definition) is 3. The van der Waals surface area contributed by atoms with Crippen molar-refractivity contribution in [2.24, 2.45) is 0 Å². The summed E-state index contributed by atoms with van der Waals surface area (Å²) >= 11 is 0. The molecule has 3 aliphatic heterocycles. The summed E-state index contributed by atoms with van der Waals surface area (Å²) in [7, 11) is 0. The maximum Gasteiger partial charge on any atom is 0.317 e. The van der Waals surface area contributed by atoms with Gasteiger partial charge in [0.15, 0.2) is 0 Å². The van der Waals surface area contributed by atoms with Crippen LogP contribution in [0.3, 0.4) is 0 Å². The van der Waals surface area contributed by atoms with Gasteiger partial charge in [0.1, 0.15) is 5.82 Å². The smallest absolute Gasteiger partial charge is 0.317 e. The van der Waals surface area contributed by atoms with Gasteiger partial charge in [-0.3, -0.25) is 4.90 Å². The van der Waals surface area contributed by atoms with Crippen molar-refractivity contribution in [2.45, 2.75) is 50.2 Å². The van der Waals surface area contributed by atoms with Crippen molar-refractivity contribution in [2.75, 3.05) is 39.3 Å². The molecule has 27 heavy (non-hydrogen) atoms. The number of urea groups is 1. The Bertz CT molecular complexity index is 629. The van der Waals surface area contributed by atoms with Gasteiger partial charge in [-0.1, -0.05) is 12.1 Å². The molecule has 5 nitrogen and oxygen atoms in total. The Kier molecular flexibility index (Phi) is 5.64. The van der Waals surface area contributed by atoms with Crippen LogP contribution in [-0.4, -0.2) is 60.8 Å². The van der Waals surface area contributed by atoms with Crippen molar-refractivity contribution in [1.82, 2.24) is 15.1 Å². The minimum Gasteiger partial charge on any atom is -0.375 e. The van der Waals surface area contributed by atoms with E-state index in [1.807, 2.05) is 17.0 Å². The average Bonchev–Trinajstić information content (AvgIpc) is 3.37. The maximum atomic E-state index is 13.3. The first-order chi connectivity index (χ1) is 13.2. The molecule has 0 radical (unpaired) electrons. The van der Waals surface area contributed by atoms with Gasteiger partial charge < -0.3 is 15.0 Å². The number of carbonyl (C=O) groups excluding carboxylic acids is 1. The predicted molar refractivity (Wildman–Crippen MR) is 102 cm³/mol. The first-order valence-electron chi connectivity index (χ1n) is 10.3. The topological polar surface area (TPSA) is 44.8 Å². The van der Waals surface area contributed by atoms with Crippen LogP contribution in [0.15, 0.2) is 24.3 Å². The highest BCUT2D eigenvalue weighted by molar-refractivity contribution is 5.74. The molecular weight excluding hydrogens is 345 g/mol. The number of amides is 2. The van der Waals surface area contributed by atoms with Gasteiger partial charge in [0.05, 0.1) is 11.6 Å². The van der Waals surface area contributed by atoms with Crippen LogP contribution >= 0.6 is 0 Å². The first-order valence-corrected chi connectivity index (χ1v) is 10.3. The van der Waals surface area contributed by atoms with Crippen molar-refractivity contribution in [3.05, 3.63) is 35.6 Å². The van der Waals surface area contributed by atoms with Crippen LogP contribution in [0.4, 0.5) is 9.18 Å². The molecular formula is C21H30FN3O2. The number of halogens is 1. The van der Waals surface area contributed by atoms with Gasteiger partial charge in [-0.05, 0) is 69.3 Å². The molecule has 148 valence electrons. The van der Waals surface area contributed by atoms with Crippen molar-refractivity contribution in [3.8, 4) is 0 Å². The summed E-state index contributed by atoms with van der Waals surface area (Å²) in [6, 6.07) is 6.80. The van der Waals surface area contributed by atoms with E-state index in [-0.39, 0.29) is 23.5 Å². The average molecular weight is 375 g/mol. The first kappa shape index (κ1) is 18.7. The number of ether oxygens (including phenoxy) is 1. The largest absolute Gasteiger partial charge is 0.375 e. The highest BCUT2D eigenvalue weighted by Crippen LogP contribution is 2.35. The molecule has 3 saturated heterocycles. The Balaban J connectivity index is 1.34. The zero-order chi connectivity index (χ0) is 18.7. The Morgan fingerprint density at radius 1 is 1.07 bits per heavy atom. The van der Waals surface area contributed by atoms with E-state index in [0.717, 1.165) is 64.0 Å². The summed E-state index contributed by atoms with van der Waals surface area (Å²) in [6.07, 6.45) is 6.51. The molecule has 6 heteroatoms. The van der Waals surface area contributed by atoms with E-state index in [1.54, 1.807) is 0 Å². The third-order valence-electron chi connectivity index (χ3n) is 6.43. The Labute approximate surface area is 160 Å². The highest BCUT2D eigenvalue weighted by Gasteiger charge is 2.39. The van der Waals surface area contributed by atoms with Gasteiger partial charge in [0.2, 0.25) is 0 Å². The van der Waals surface area contributed by atoms with Gasteiger partial charge >= 0.3 is 6.03 Å². The highest BCUT2D eigenvalue weighted by atomic mass is 19.1. The molecule has 2 amide bonds. The zero-order valence-electron chi connectivity index (χ0n) is 16.0. The molecule has 1 atom stereocenters. The van der Waals surface area contributed by atoms with Gasteiger partial charge in [-0.15, -0.1) is 0 Å². The second-order valence-electron chi connectivity index (χ2n) is 8.12. The summed E-state index contributed by atoms with van der Waals surface area (Å²) in [6.45, 7) is 5.00. The number of nitrogens with one attached hydrogen (secondary N) is 1. The van der Waals surface area contributed by atoms with E-state index in [1.165, 1.54) is 25.0 Å². The third kappa shape index (κ3) is 4.27. The third-order valence-corrected chi connectivity index (χ3v) is 6.43. The quantitative estimate of drug-likeness (QED) is 0.878. The molecule has 1 aromatic rings. The SMILES string of the molecule is O=C(NC[C@H](c1ccc(F)cc1)N1CCCC1)N1CCC2(CCCO2)CC1. The van der Waals surface area contributed by atoms with Gasteiger partial charge in [-0.25, -0.2) is 9.18 Å². The van der Waals surface area contributed by atoms with Gasteiger partial charge in [0, 0.05) is 26.2 Å². The minimum atomic E-state index is -0.223. The summed E-state index contributed by atoms with van der Waals surface area (Å²) in [5, 5.41) is 3.13. The number of likely N-dealkylation sites (tertiary alicyclic amines) is 2. The molecule has 0 saturated carbocycles. The fourth-order valence-corrected chi connectivity index (χ4v) is 4.76. The second-order valence-corrected chi connectivity index (χ2v) is 8.12. The maximum absolute atomic E-state index is 13.3. The van der Waals surface area contributed by atoms with Crippen molar-refractivity contribution in [3.63, 3.8) is 0 Å². The van der Waals surface area contributed by atoms with E-state index in [0.29, 0.717) is 6.54 Å². The van der Waals surface area contributed by atoms with E-state index in [9.17, 15) is 9.18 Å². The molecule has 1 spiro atoms.